The summed E-state index contributed by atoms with van der Waals surface area (Å²) in [7, 11) is 0. The zero-order valence-corrected chi connectivity index (χ0v) is 19.9. The molecule has 9 heteroatoms. The van der Waals surface area contributed by atoms with Gasteiger partial charge < -0.3 is 15.5 Å². The summed E-state index contributed by atoms with van der Waals surface area (Å²) < 4.78 is 40.1. The van der Waals surface area contributed by atoms with Crippen LogP contribution in [0.15, 0.2) is 18.2 Å². The molecule has 0 bridgehead atoms. The molecule has 2 amide bonds. The first-order valence-electron chi connectivity index (χ1n) is 12.6. The number of piperidine rings is 1. The van der Waals surface area contributed by atoms with Crippen molar-refractivity contribution in [2.24, 2.45) is 29.4 Å². The van der Waals surface area contributed by atoms with Gasteiger partial charge in [0, 0.05) is 37.8 Å². The van der Waals surface area contributed by atoms with Crippen molar-refractivity contribution in [2.45, 2.75) is 57.5 Å². The molecule has 1 aliphatic carbocycles. The molecule has 3 fully saturated rings. The van der Waals surface area contributed by atoms with E-state index >= 15 is 0 Å². The standard InChI is InChI=1S/C26H33F3N4O2/c27-26(28,29)23-13-20(8-7-19(23)14-30)32-11-9-17(10-12-32)21-15-33(16-22(21)24(31)34)25(35)18-5-3-1-2-4-6-18/h7-8,13,17-18,21-22H,1-6,9-12,15-16H2,(H2,31,34). The number of alkyl halides is 3. The molecule has 1 saturated carbocycles. The molecule has 4 rings (SSSR count). The number of nitriles is 1. The summed E-state index contributed by atoms with van der Waals surface area (Å²) in [5.74, 6) is -0.419. The van der Waals surface area contributed by atoms with Crippen LogP contribution < -0.4 is 10.6 Å². The monoisotopic (exact) mass is 490 g/mol. The van der Waals surface area contributed by atoms with Gasteiger partial charge in [-0.3, -0.25) is 9.59 Å². The maximum atomic E-state index is 13.4. The Bertz CT molecular complexity index is 974. The molecule has 0 radical (unpaired) electrons. The number of halogens is 3. The van der Waals surface area contributed by atoms with Gasteiger partial charge in [0.1, 0.15) is 0 Å². The van der Waals surface area contributed by atoms with E-state index in [-0.39, 0.29) is 41.0 Å². The van der Waals surface area contributed by atoms with Crippen molar-refractivity contribution < 1.29 is 22.8 Å². The normalized spacial score (nSPS) is 24.7. The van der Waals surface area contributed by atoms with Crippen LogP contribution in [0.1, 0.15) is 62.5 Å². The lowest BCUT2D eigenvalue weighted by Crippen LogP contribution is -2.40. The predicted octanol–water partition coefficient (Wildman–Crippen LogP) is 4.32. The van der Waals surface area contributed by atoms with Crippen LogP contribution in [0, 0.1) is 35.0 Å². The van der Waals surface area contributed by atoms with Crippen molar-refractivity contribution >= 4 is 17.5 Å². The summed E-state index contributed by atoms with van der Waals surface area (Å²) in [5, 5.41) is 9.04. The van der Waals surface area contributed by atoms with E-state index in [0.29, 0.717) is 44.7 Å². The predicted molar refractivity (Wildman–Crippen MR) is 125 cm³/mol. The highest BCUT2D eigenvalue weighted by atomic mass is 19.4. The number of hydrogen-bond donors (Lipinski definition) is 1. The number of nitrogens with two attached hydrogens (primary N) is 1. The molecular weight excluding hydrogens is 457 g/mol. The minimum atomic E-state index is -4.59. The van der Waals surface area contributed by atoms with E-state index in [1.54, 1.807) is 12.1 Å². The first-order chi connectivity index (χ1) is 16.7. The van der Waals surface area contributed by atoms with Crippen molar-refractivity contribution in [2.75, 3.05) is 31.1 Å². The Morgan fingerprint density at radius 2 is 1.66 bits per heavy atom. The van der Waals surface area contributed by atoms with Gasteiger partial charge in [-0.05, 0) is 55.7 Å². The molecule has 2 unspecified atom stereocenters. The van der Waals surface area contributed by atoms with Gasteiger partial charge in [0.2, 0.25) is 11.8 Å². The van der Waals surface area contributed by atoms with Gasteiger partial charge >= 0.3 is 6.18 Å². The van der Waals surface area contributed by atoms with Crippen LogP contribution in [0.25, 0.3) is 0 Å². The number of carbonyl (C=O) groups excluding carboxylic acids is 2. The minimum Gasteiger partial charge on any atom is -0.372 e. The first-order valence-corrected chi connectivity index (χ1v) is 12.6. The maximum Gasteiger partial charge on any atom is 0.417 e. The molecule has 1 aromatic rings. The van der Waals surface area contributed by atoms with E-state index < -0.39 is 11.7 Å². The second-order valence-electron chi connectivity index (χ2n) is 10.3. The number of amides is 2. The Labute approximate surface area is 204 Å². The Hall–Kier alpha value is -2.76. The topological polar surface area (TPSA) is 90.4 Å². The number of hydrogen-bond acceptors (Lipinski definition) is 4. The third-order valence-electron chi connectivity index (χ3n) is 8.19. The van der Waals surface area contributed by atoms with Gasteiger partial charge in [0.05, 0.1) is 23.1 Å². The number of primary amides is 1. The third kappa shape index (κ3) is 5.57. The quantitative estimate of drug-likeness (QED) is 0.637. The summed E-state index contributed by atoms with van der Waals surface area (Å²) in [6.07, 6.45) is 3.10. The van der Waals surface area contributed by atoms with Crippen molar-refractivity contribution in [3.8, 4) is 6.07 Å². The van der Waals surface area contributed by atoms with Crippen molar-refractivity contribution in [1.29, 1.82) is 5.26 Å². The Morgan fingerprint density at radius 3 is 2.23 bits per heavy atom. The molecule has 35 heavy (non-hydrogen) atoms. The van der Waals surface area contributed by atoms with E-state index in [9.17, 15) is 22.8 Å². The maximum absolute atomic E-state index is 13.4. The average molecular weight is 491 g/mol. The third-order valence-corrected chi connectivity index (χ3v) is 8.19. The lowest BCUT2D eigenvalue weighted by molar-refractivity contribution is -0.138. The summed E-state index contributed by atoms with van der Waals surface area (Å²) in [5.41, 5.74) is 4.88. The van der Waals surface area contributed by atoms with Gasteiger partial charge in [0.15, 0.2) is 0 Å². The summed E-state index contributed by atoms with van der Waals surface area (Å²) in [6.45, 7) is 2.00. The summed E-state index contributed by atoms with van der Waals surface area (Å²) in [4.78, 5) is 29.2. The van der Waals surface area contributed by atoms with Crippen molar-refractivity contribution in [1.82, 2.24) is 4.90 Å². The molecular formula is C26H33F3N4O2. The minimum absolute atomic E-state index is 0.0175. The molecule has 0 aromatic heterocycles. The van der Waals surface area contributed by atoms with Crippen molar-refractivity contribution in [3.63, 3.8) is 0 Å². The van der Waals surface area contributed by atoms with Crippen molar-refractivity contribution in [3.05, 3.63) is 29.3 Å². The molecule has 2 atom stereocenters. The average Bonchev–Trinajstić information content (AvgIpc) is 3.11. The fourth-order valence-corrected chi connectivity index (χ4v) is 6.22. The van der Waals surface area contributed by atoms with Gasteiger partial charge in [-0.25, -0.2) is 0 Å². The molecule has 2 N–H and O–H groups in total. The highest BCUT2D eigenvalue weighted by Crippen LogP contribution is 2.39. The molecule has 6 nitrogen and oxygen atoms in total. The zero-order chi connectivity index (χ0) is 25.2. The van der Waals surface area contributed by atoms with Gasteiger partial charge in [-0.2, -0.15) is 18.4 Å². The van der Waals surface area contributed by atoms with Crippen LogP contribution in [0.4, 0.5) is 18.9 Å². The summed E-state index contributed by atoms with van der Waals surface area (Å²) in [6, 6.07) is 5.45. The lowest BCUT2D eigenvalue weighted by atomic mass is 9.78. The Balaban J connectivity index is 1.42. The lowest BCUT2D eigenvalue weighted by Gasteiger charge is -2.37. The number of likely N-dealkylation sites (tertiary alicyclic amines) is 1. The van der Waals surface area contributed by atoms with E-state index in [1.165, 1.54) is 18.9 Å². The summed E-state index contributed by atoms with van der Waals surface area (Å²) >= 11 is 0. The van der Waals surface area contributed by atoms with Crippen LogP contribution >= 0.6 is 0 Å². The van der Waals surface area contributed by atoms with Gasteiger partial charge in [0.25, 0.3) is 0 Å². The number of nitrogens with zero attached hydrogens (tertiary/aromatic N) is 3. The highest BCUT2D eigenvalue weighted by molar-refractivity contribution is 5.82. The first kappa shape index (κ1) is 25.3. The van der Waals surface area contributed by atoms with Crippen LogP contribution in [0.5, 0.6) is 0 Å². The zero-order valence-electron chi connectivity index (χ0n) is 19.9. The SMILES string of the molecule is N#Cc1ccc(N2CCC(C3CN(C(=O)C4CCCCCC4)CC3C(N)=O)CC2)cc1C(F)(F)F. The second-order valence-corrected chi connectivity index (χ2v) is 10.3. The second kappa shape index (κ2) is 10.5. The molecule has 2 aliphatic heterocycles. The molecule has 2 heterocycles. The largest absolute Gasteiger partial charge is 0.417 e. The van der Waals surface area contributed by atoms with Crippen LogP contribution in [-0.4, -0.2) is 42.9 Å². The fourth-order valence-electron chi connectivity index (χ4n) is 6.22. The molecule has 190 valence electrons. The number of benzene rings is 1. The fraction of sp³-hybridized carbons (Fsp3) is 0.654. The van der Waals surface area contributed by atoms with Crippen LogP contribution in [0.2, 0.25) is 0 Å². The van der Waals surface area contributed by atoms with E-state index in [2.05, 4.69) is 0 Å². The van der Waals surface area contributed by atoms with Gasteiger partial charge in [-0.1, -0.05) is 25.7 Å². The van der Waals surface area contributed by atoms with Crippen LogP contribution in [0.3, 0.4) is 0 Å². The number of carbonyl (C=O) groups is 2. The Kier molecular flexibility index (Phi) is 7.58. The molecule has 3 aliphatic rings. The van der Waals surface area contributed by atoms with E-state index in [0.717, 1.165) is 31.7 Å². The molecule has 1 aromatic carbocycles. The molecule has 0 spiro atoms. The highest BCUT2D eigenvalue weighted by Gasteiger charge is 2.44. The van der Waals surface area contributed by atoms with E-state index in [4.69, 9.17) is 11.0 Å². The van der Waals surface area contributed by atoms with Crippen LogP contribution in [-0.2, 0) is 15.8 Å². The smallest absolute Gasteiger partial charge is 0.372 e. The van der Waals surface area contributed by atoms with Gasteiger partial charge in [-0.15, -0.1) is 0 Å². The number of anilines is 1. The number of rotatable bonds is 4. The molecule has 2 saturated heterocycles. The Morgan fingerprint density at radius 1 is 1.00 bits per heavy atom. The van der Waals surface area contributed by atoms with E-state index in [1.807, 2.05) is 9.80 Å².